The molecule has 0 aromatic heterocycles. The average Bonchev–Trinajstić information content (AvgIpc) is 2.44. The van der Waals surface area contributed by atoms with Gasteiger partial charge >= 0.3 is 0 Å². The zero-order valence-corrected chi connectivity index (χ0v) is 19.2. The molecule has 0 amide bonds. The van der Waals surface area contributed by atoms with E-state index in [0.717, 1.165) is 11.3 Å². The number of methoxy groups -OCH3 is 1. The van der Waals surface area contributed by atoms with Gasteiger partial charge in [-0.15, -0.1) is 5.54 Å². The van der Waals surface area contributed by atoms with Crippen LogP contribution in [0, 0.1) is 11.5 Å². The van der Waals surface area contributed by atoms with Crippen LogP contribution in [0.5, 0.6) is 11.5 Å². The topological polar surface area (TPSA) is 35.5 Å². The van der Waals surface area contributed by atoms with Gasteiger partial charge in [0.05, 0.1) is 7.11 Å². The van der Waals surface area contributed by atoms with Gasteiger partial charge in [0.25, 0.3) is 8.32 Å². The highest BCUT2D eigenvalue weighted by molar-refractivity contribution is 6.84. The lowest BCUT2D eigenvalue weighted by atomic mass is 10.1. The highest BCUT2D eigenvalue weighted by Gasteiger charge is 2.39. The summed E-state index contributed by atoms with van der Waals surface area (Å²) in [5, 5.41) is 0.110. The third-order valence-corrected chi connectivity index (χ3v) is 9.56. The van der Waals surface area contributed by atoms with E-state index in [1.54, 1.807) is 7.11 Å². The van der Waals surface area contributed by atoms with Crippen LogP contribution in [-0.2, 0) is 11.2 Å². The summed E-state index contributed by atoms with van der Waals surface area (Å²) in [5.41, 5.74) is 4.02. The predicted octanol–water partition coefficient (Wildman–Crippen LogP) is 5.07. The Hall–Kier alpha value is -1.52. The molecule has 138 valence electrons. The first-order valence-electron chi connectivity index (χ1n) is 8.67. The molecule has 0 atom stereocenters. The summed E-state index contributed by atoms with van der Waals surface area (Å²) >= 11 is 0. The van der Waals surface area contributed by atoms with Crippen LogP contribution in [0.3, 0.4) is 0 Å². The fourth-order valence-electron chi connectivity index (χ4n) is 1.82. The molecule has 0 aliphatic carbocycles. The van der Waals surface area contributed by atoms with Gasteiger partial charge in [0.15, 0.2) is 5.75 Å². The Bertz CT molecular complexity index is 684. The molecule has 0 radical (unpaired) electrons. The van der Waals surface area contributed by atoms with Crippen molar-refractivity contribution < 1.29 is 14.0 Å². The number of ketones is 1. The molecule has 25 heavy (non-hydrogen) atoms. The van der Waals surface area contributed by atoms with Crippen molar-refractivity contribution >= 4 is 22.2 Å². The molecular weight excluding hydrogens is 344 g/mol. The first-order chi connectivity index (χ1) is 11.2. The first kappa shape index (κ1) is 21.5. The summed E-state index contributed by atoms with van der Waals surface area (Å²) in [6.45, 7) is 17.4. The number of hydrogen-bond acceptors (Lipinski definition) is 3. The fraction of sp³-hybridized carbons (Fsp3) is 0.550. The van der Waals surface area contributed by atoms with Crippen LogP contribution in [0.25, 0.3) is 0 Å². The molecule has 1 aromatic rings. The Morgan fingerprint density at radius 1 is 1.08 bits per heavy atom. The standard InChI is InChI=1S/C20H32O3Si2/c1-20(2,3)25(8,9)23-18-11-10-16(15-19(18)22-4)14-17(21)12-13-24(5,6)7/h10-11,15H,14H2,1-9H3. The predicted molar refractivity (Wildman–Crippen MR) is 111 cm³/mol. The molecule has 5 heteroatoms. The van der Waals surface area contributed by atoms with Crippen molar-refractivity contribution in [2.75, 3.05) is 7.11 Å². The second-order valence-corrected chi connectivity index (χ2v) is 18.4. The molecule has 0 fully saturated rings. The van der Waals surface area contributed by atoms with Gasteiger partial charge in [-0.1, -0.05) is 46.5 Å². The summed E-state index contributed by atoms with van der Waals surface area (Å²) in [6.07, 6.45) is 0.300. The number of carbonyl (C=O) groups excluding carboxylic acids is 1. The second-order valence-electron chi connectivity index (χ2n) is 8.95. The molecule has 0 saturated carbocycles. The van der Waals surface area contributed by atoms with Crippen LogP contribution in [0.15, 0.2) is 18.2 Å². The quantitative estimate of drug-likeness (QED) is 0.531. The van der Waals surface area contributed by atoms with Crippen molar-refractivity contribution in [3.63, 3.8) is 0 Å². The van der Waals surface area contributed by atoms with E-state index < -0.39 is 16.4 Å². The third kappa shape index (κ3) is 6.71. The Morgan fingerprint density at radius 2 is 1.68 bits per heavy atom. The minimum atomic E-state index is -1.94. The maximum atomic E-state index is 12.1. The van der Waals surface area contributed by atoms with Gasteiger partial charge < -0.3 is 9.16 Å². The Kier molecular flexibility index (Phi) is 6.71. The van der Waals surface area contributed by atoms with Crippen LogP contribution in [0.2, 0.25) is 37.8 Å². The van der Waals surface area contributed by atoms with E-state index in [2.05, 4.69) is 65.0 Å². The number of rotatable bonds is 5. The Morgan fingerprint density at radius 3 is 2.16 bits per heavy atom. The summed E-state index contributed by atoms with van der Waals surface area (Å²) in [7, 11) is -1.84. The Balaban J connectivity index is 2.99. The summed E-state index contributed by atoms with van der Waals surface area (Å²) in [6, 6.07) is 5.73. The fourth-order valence-corrected chi connectivity index (χ4v) is 3.36. The minimum Gasteiger partial charge on any atom is -0.541 e. The van der Waals surface area contributed by atoms with E-state index >= 15 is 0 Å². The molecule has 0 unspecified atom stereocenters. The third-order valence-electron chi connectivity index (χ3n) is 4.34. The summed E-state index contributed by atoms with van der Waals surface area (Å²) < 4.78 is 11.8. The molecule has 3 nitrogen and oxygen atoms in total. The van der Waals surface area contributed by atoms with Gasteiger partial charge in [0.2, 0.25) is 5.78 Å². The van der Waals surface area contributed by atoms with Crippen molar-refractivity contribution in [2.45, 2.75) is 65.0 Å². The average molecular weight is 377 g/mol. The molecule has 0 bridgehead atoms. The zero-order chi connectivity index (χ0) is 19.5. The smallest absolute Gasteiger partial charge is 0.250 e. The largest absolute Gasteiger partial charge is 0.541 e. The van der Waals surface area contributed by atoms with Crippen LogP contribution in [0.4, 0.5) is 0 Å². The number of benzene rings is 1. The molecule has 1 aromatic carbocycles. The van der Waals surface area contributed by atoms with Crippen LogP contribution < -0.4 is 9.16 Å². The number of hydrogen-bond donors (Lipinski definition) is 0. The lowest BCUT2D eigenvalue weighted by Crippen LogP contribution is -2.43. The lowest BCUT2D eigenvalue weighted by Gasteiger charge is -2.36. The lowest BCUT2D eigenvalue weighted by molar-refractivity contribution is -0.113. The van der Waals surface area contributed by atoms with Gasteiger partial charge in [0.1, 0.15) is 13.8 Å². The molecule has 0 spiro atoms. The molecule has 0 heterocycles. The molecule has 0 aliphatic heterocycles. The number of carbonyl (C=O) groups is 1. The maximum Gasteiger partial charge on any atom is 0.250 e. The van der Waals surface area contributed by atoms with Crippen molar-refractivity contribution in [1.29, 1.82) is 0 Å². The van der Waals surface area contributed by atoms with Crippen LogP contribution >= 0.6 is 0 Å². The monoisotopic (exact) mass is 376 g/mol. The van der Waals surface area contributed by atoms with Gasteiger partial charge in [-0.25, -0.2) is 0 Å². The molecule has 0 saturated heterocycles. The van der Waals surface area contributed by atoms with Gasteiger partial charge in [-0.05, 0) is 41.7 Å². The SMILES string of the molecule is COc1cc(CC(=O)C#C[Si](C)(C)C)ccc1O[Si](C)(C)C(C)(C)C. The van der Waals surface area contributed by atoms with Crippen LogP contribution in [-0.4, -0.2) is 29.3 Å². The highest BCUT2D eigenvalue weighted by atomic mass is 28.4. The molecule has 1 rings (SSSR count). The van der Waals surface area contributed by atoms with Gasteiger partial charge in [0, 0.05) is 6.42 Å². The zero-order valence-electron chi connectivity index (χ0n) is 17.2. The normalized spacial score (nSPS) is 12.2. The van der Waals surface area contributed by atoms with E-state index in [4.69, 9.17) is 9.16 Å². The second kappa shape index (κ2) is 7.80. The van der Waals surface area contributed by atoms with E-state index in [9.17, 15) is 4.79 Å². The van der Waals surface area contributed by atoms with E-state index in [1.807, 2.05) is 18.2 Å². The minimum absolute atomic E-state index is 0.0532. The van der Waals surface area contributed by atoms with E-state index in [0.29, 0.717) is 12.2 Å². The molecule has 0 aliphatic rings. The number of Topliss-reactive ketones (excluding diaryl/α,β-unsaturated/α-hetero) is 1. The molecular formula is C20H32O3Si2. The van der Waals surface area contributed by atoms with E-state index in [1.165, 1.54) is 0 Å². The van der Waals surface area contributed by atoms with Crippen molar-refractivity contribution in [3.05, 3.63) is 23.8 Å². The summed E-state index contributed by atoms with van der Waals surface area (Å²) in [5.74, 6) is 4.16. The van der Waals surface area contributed by atoms with Crippen molar-refractivity contribution in [2.24, 2.45) is 0 Å². The highest BCUT2D eigenvalue weighted by Crippen LogP contribution is 2.40. The van der Waals surface area contributed by atoms with Gasteiger partial charge in [-0.2, -0.15) is 0 Å². The molecule has 0 N–H and O–H groups in total. The van der Waals surface area contributed by atoms with Crippen molar-refractivity contribution in [3.8, 4) is 23.0 Å². The number of ether oxygens (including phenoxy) is 1. The van der Waals surface area contributed by atoms with Gasteiger partial charge in [-0.3, -0.25) is 4.79 Å². The van der Waals surface area contributed by atoms with E-state index in [-0.39, 0.29) is 10.8 Å². The Labute approximate surface area is 155 Å². The maximum absolute atomic E-state index is 12.1. The van der Waals surface area contributed by atoms with Crippen molar-refractivity contribution in [1.82, 2.24) is 0 Å². The van der Waals surface area contributed by atoms with Crippen LogP contribution in [0.1, 0.15) is 26.3 Å². The summed E-state index contributed by atoms with van der Waals surface area (Å²) in [4.78, 5) is 12.1. The first-order valence-corrected chi connectivity index (χ1v) is 15.1.